The molecule has 172 valence electrons. The van der Waals surface area contributed by atoms with Crippen molar-refractivity contribution in [2.45, 2.75) is 27.0 Å². The molecule has 0 amide bonds. The van der Waals surface area contributed by atoms with E-state index in [0.717, 1.165) is 27.2 Å². The van der Waals surface area contributed by atoms with Crippen LogP contribution < -0.4 is 11.2 Å². The number of nitrogens with zero attached hydrogens (tertiary/aromatic N) is 5. The Hall–Kier alpha value is -4.40. The first-order valence-electron chi connectivity index (χ1n) is 10.8. The standard InChI is InChI=1S/C25H23N5O4/c1-16-17(2)30-21-22(26-24(30)29(16)19-12-8-5-9-13-19)27(3)25(33)28(23(21)32)14-20(31)34-15-18-10-6-4-7-11-18/h4-13H,14-15H2,1-3H3. The van der Waals surface area contributed by atoms with Gasteiger partial charge in [-0.1, -0.05) is 48.5 Å². The van der Waals surface area contributed by atoms with Gasteiger partial charge in [-0.2, -0.15) is 4.98 Å². The van der Waals surface area contributed by atoms with E-state index in [0.29, 0.717) is 5.78 Å². The fourth-order valence-electron chi connectivity index (χ4n) is 4.19. The van der Waals surface area contributed by atoms with E-state index in [4.69, 9.17) is 4.74 Å². The lowest BCUT2D eigenvalue weighted by atomic mass is 10.2. The van der Waals surface area contributed by atoms with Crippen LogP contribution in [0.5, 0.6) is 0 Å². The average Bonchev–Trinajstić information content (AvgIpc) is 3.35. The molecule has 0 bridgehead atoms. The molecule has 0 saturated heterocycles. The second kappa shape index (κ2) is 8.18. The maximum Gasteiger partial charge on any atom is 0.333 e. The van der Waals surface area contributed by atoms with Crippen molar-refractivity contribution in [3.63, 3.8) is 0 Å². The zero-order chi connectivity index (χ0) is 24.0. The maximum absolute atomic E-state index is 13.5. The normalized spacial score (nSPS) is 11.4. The van der Waals surface area contributed by atoms with E-state index < -0.39 is 23.8 Å². The van der Waals surface area contributed by atoms with Crippen LogP contribution in [0.4, 0.5) is 0 Å². The highest BCUT2D eigenvalue weighted by molar-refractivity contribution is 5.78. The molecule has 5 aromatic rings. The van der Waals surface area contributed by atoms with Crippen molar-refractivity contribution in [2.24, 2.45) is 7.05 Å². The molecule has 0 fully saturated rings. The third-order valence-electron chi connectivity index (χ3n) is 6.06. The van der Waals surface area contributed by atoms with Crippen molar-refractivity contribution in [1.82, 2.24) is 23.1 Å². The number of esters is 1. The molecule has 34 heavy (non-hydrogen) atoms. The van der Waals surface area contributed by atoms with E-state index in [-0.39, 0.29) is 17.8 Å². The Labute approximate surface area is 194 Å². The van der Waals surface area contributed by atoms with Gasteiger partial charge in [0.15, 0.2) is 11.2 Å². The van der Waals surface area contributed by atoms with Gasteiger partial charge in [0.25, 0.3) is 5.56 Å². The quantitative estimate of drug-likeness (QED) is 0.378. The Bertz CT molecular complexity index is 1660. The van der Waals surface area contributed by atoms with Crippen LogP contribution in [-0.4, -0.2) is 29.1 Å². The van der Waals surface area contributed by atoms with Crippen LogP contribution in [0.3, 0.4) is 0 Å². The number of para-hydroxylation sites is 1. The minimum Gasteiger partial charge on any atom is -0.459 e. The summed E-state index contributed by atoms with van der Waals surface area (Å²) in [5.41, 5.74) is 2.72. The number of hydrogen-bond acceptors (Lipinski definition) is 5. The van der Waals surface area contributed by atoms with Crippen molar-refractivity contribution < 1.29 is 9.53 Å². The molecule has 0 spiro atoms. The van der Waals surface area contributed by atoms with E-state index in [1.807, 2.05) is 79.1 Å². The molecule has 9 heteroatoms. The molecule has 0 saturated carbocycles. The summed E-state index contributed by atoms with van der Waals surface area (Å²) in [6.07, 6.45) is 0. The van der Waals surface area contributed by atoms with Crippen LogP contribution >= 0.6 is 0 Å². The lowest BCUT2D eigenvalue weighted by molar-refractivity contribution is -0.145. The van der Waals surface area contributed by atoms with Crippen LogP contribution in [0.25, 0.3) is 22.6 Å². The van der Waals surface area contributed by atoms with Gasteiger partial charge in [0.05, 0.1) is 0 Å². The molecule has 3 heterocycles. The van der Waals surface area contributed by atoms with Gasteiger partial charge in [-0.15, -0.1) is 0 Å². The number of carbonyl (C=O) groups excluding carboxylic acids is 1. The number of carbonyl (C=O) groups is 1. The molecule has 2 aromatic carbocycles. The van der Waals surface area contributed by atoms with Gasteiger partial charge >= 0.3 is 11.7 Å². The lowest BCUT2D eigenvalue weighted by Crippen LogP contribution is -2.41. The third-order valence-corrected chi connectivity index (χ3v) is 6.06. The second-order valence-electron chi connectivity index (χ2n) is 8.14. The molecule has 0 aliphatic heterocycles. The molecule has 0 aliphatic carbocycles. The summed E-state index contributed by atoms with van der Waals surface area (Å²) in [6.45, 7) is 3.42. The fraction of sp³-hybridized carbons (Fsp3) is 0.200. The summed E-state index contributed by atoms with van der Waals surface area (Å²) >= 11 is 0. The van der Waals surface area contributed by atoms with Crippen molar-refractivity contribution in [3.8, 4) is 5.69 Å². The Morgan fingerprint density at radius 2 is 1.59 bits per heavy atom. The summed E-state index contributed by atoms with van der Waals surface area (Å²) < 4.78 is 11.2. The predicted octanol–water partition coefficient (Wildman–Crippen LogP) is 2.50. The average molecular weight is 457 g/mol. The van der Waals surface area contributed by atoms with Crippen LogP contribution in [-0.2, 0) is 29.7 Å². The van der Waals surface area contributed by atoms with Crippen LogP contribution in [0.2, 0.25) is 0 Å². The van der Waals surface area contributed by atoms with Crippen LogP contribution in [0.1, 0.15) is 17.0 Å². The van der Waals surface area contributed by atoms with Crippen molar-refractivity contribution >= 4 is 22.9 Å². The summed E-state index contributed by atoms with van der Waals surface area (Å²) in [5, 5.41) is 0. The highest BCUT2D eigenvalue weighted by atomic mass is 16.5. The number of aryl methyl sites for hydroxylation is 2. The largest absolute Gasteiger partial charge is 0.459 e. The van der Waals surface area contributed by atoms with Gasteiger partial charge in [0.2, 0.25) is 5.78 Å². The predicted molar refractivity (Wildman–Crippen MR) is 127 cm³/mol. The summed E-state index contributed by atoms with van der Waals surface area (Å²) in [4.78, 5) is 43.6. The van der Waals surface area contributed by atoms with Gasteiger partial charge < -0.3 is 4.74 Å². The number of hydrogen-bond donors (Lipinski definition) is 0. The van der Waals surface area contributed by atoms with Crippen molar-refractivity contribution in [1.29, 1.82) is 0 Å². The van der Waals surface area contributed by atoms with Crippen LogP contribution in [0.15, 0.2) is 70.3 Å². The minimum atomic E-state index is -0.669. The Balaban J connectivity index is 1.62. The van der Waals surface area contributed by atoms with Crippen molar-refractivity contribution in [2.75, 3.05) is 0 Å². The molecule has 0 unspecified atom stereocenters. The van der Waals surface area contributed by atoms with Gasteiger partial charge in [-0.3, -0.25) is 23.1 Å². The van der Waals surface area contributed by atoms with E-state index in [2.05, 4.69) is 4.98 Å². The molecular formula is C25H23N5O4. The van der Waals surface area contributed by atoms with E-state index in [9.17, 15) is 14.4 Å². The van der Waals surface area contributed by atoms with Gasteiger partial charge in [0, 0.05) is 24.1 Å². The molecule has 0 aliphatic rings. The highest BCUT2D eigenvalue weighted by Crippen LogP contribution is 2.24. The first-order chi connectivity index (χ1) is 16.4. The smallest absolute Gasteiger partial charge is 0.333 e. The molecule has 0 radical (unpaired) electrons. The SMILES string of the molecule is Cc1c(C)n2c3c(=O)n(CC(=O)OCc4ccccc4)c(=O)n(C)c3nc2n1-c1ccccc1. The van der Waals surface area contributed by atoms with Gasteiger partial charge in [0.1, 0.15) is 13.2 Å². The molecule has 3 aromatic heterocycles. The van der Waals surface area contributed by atoms with Crippen LogP contribution in [0, 0.1) is 13.8 Å². The Kier molecular flexibility index (Phi) is 5.16. The van der Waals surface area contributed by atoms with E-state index >= 15 is 0 Å². The number of rotatable bonds is 5. The second-order valence-corrected chi connectivity index (χ2v) is 8.14. The maximum atomic E-state index is 13.5. The minimum absolute atomic E-state index is 0.0616. The lowest BCUT2D eigenvalue weighted by Gasteiger charge is -2.09. The highest BCUT2D eigenvalue weighted by Gasteiger charge is 2.24. The molecule has 0 N–H and O–H groups in total. The third kappa shape index (κ3) is 3.33. The number of imidazole rings is 2. The van der Waals surface area contributed by atoms with E-state index in [1.54, 1.807) is 4.40 Å². The number of fused-ring (bicyclic) bond motifs is 3. The zero-order valence-corrected chi connectivity index (χ0v) is 19.1. The molecular weight excluding hydrogens is 434 g/mol. The Morgan fingerprint density at radius 1 is 0.941 bits per heavy atom. The molecule has 0 atom stereocenters. The first-order valence-corrected chi connectivity index (χ1v) is 10.8. The fourth-order valence-corrected chi connectivity index (χ4v) is 4.19. The van der Waals surface area contributed by atoms with Gasteiger partial charge in [-0.25, -0.2) is 9.36 Å². The molecule has 9 nitrogen and oxygen atoms in total. The topological polar surface area (TPSA) is 92.5 Å². The summed E-state index contributed by atoms with van der Waals surface area (Å²) in [7, 11) is 1.54. The first kappa shape index (κ1) is 21.4. The number of ether oxygens (including phenoxy) is 1. The number of benzene rings is 2. The number of aromatic nitrogens is 5. The van der Waals surface area contributed by atoms with Gasteiger partial charge in [-0.05, 0) is 31.5 Å². The van der Waals surface area contributed by atoms with E-state index in [1.165, 1.54) is 11.6 Å². The molecule has 5 rings (SSSR count). The van der Waals surface area contributed by atoms with Crippen molar-refractivity contribution in [3.05, 3.63) is 98.5 Å². The summed E-state index contributed by atoms with van der Waals surface area (Å²) in [6, 6.07) is 18.9. The summed E-state index contributed by atoms with van der Waals surface area (Å²) in [5.74, 6) is -0.148. The Morgan fingerprint density at radius 3 is 2.26 bits per heavy atom. The zero-order valence-electron chi connectivity index (χ0n) is 19.1. The monoisotopic (exact) mass is 457 g/mol.